The van der Waals surface area contributed by atoms with E-state index in [9.17, 15) is 8.42 Å². The molecule has 0 aromatic heterocycles. The Balaban J connectivity index is 1.76. The number of piperidine rings is 1. The van der Waals surface area contributed by atoms with E-state index in [-0.39, 0.29) is 17.7 Å². The minimum atomic E-state index is -3.09. The molecule has 110 valence electrons. The largest absolute Gasteiger partial charge is 0.375 e. The summed E-state index contributed by atoms with van der Waals surface area (Å²) < 4.78 is 31.9. The third kappa shape index (κ3) is 2.96. The van der Waals surface area contributed by atoms with Crippen molar-refractivity contribution in [3.05, 3.63) is 0 Å². The van der Waals surface area contributed by atoms with Gasteiger partial charge in [-0.15, -0.1) is 0 Å². The second-order valence-corrected chi connectivity index (χ2v) is 8.14. The lowest BCUT2D eigenvalue weighted by molar-refractivity contribution is -0.113. The zero-order valence-corrected chi connectivity index (χ0v) is 12.4. The van der Waals surface area contributed by atoms with E-state index in [0.29, 0.717) is 6.61 Å². The zero-order chi connectivity index (χ0) is 13.5. The summed E-state index contributed by atoms with van der Waals surface area (Å²) in [5.41, 5.74) is -0.0774. The lowest BCUT2D eigenvalue weighted by atomic mass is 9.83. The molecule has 1 saturated carbocycles. The van der Waals surface area contributed by atoms with Crippen LogP contribution in [0, 0.1) is 0 Å². The van der Waals surface area contributed by atoms with Crippen LogP contribution in [-0.2, 0) is 14.8 Å². The Morgan fingerprint density at radius 1 is 1.16 bits per heavy atom. The van der Waals surface area contributed by atoms with Crippen LogP contribution in [-0.4, -0.2) is 56.4 Å². The number of sulfonamides is 1. The molecule has 0 bridgehead atoms. The first-order valence-electron chi connectivity index (χ1n) is 7.33. The summed E-state index contributed by atoms with van der Waals surface area (Å²) in [6.07, 6.45) is 7.14. The van der Waals surface area contributed by atoms with Gasteiger partial charge in [-0.05, 0) is 51.6 Å². The van der Waals surface area contributed by atoms with Gasteiger partial charge in [-0.1, -0.05) is 0 Å². The molecule has 1 spiro atoms. The van der Waals surface area contributed by atoms with Crippen LogP contribution in [0.25, 0.3) is 0 Å². The molecule has 3 rings (SSSR count). The highest BCUT2D eigenvalue weighted by Gasteiger charge is 2.46. The predicted octanol–water partition coefficient (Wildman–Crippen LogP) is 0.712. The lowest BCUT2D eigenvalue weighted by Gasteiger charge is -2.46. The first-order chi connectivity index (χ1) is 9.00. The molecule has 2 aliphatic heterocycles. The Morgan fingerprint density at radius 3 is 2.42 bits per heavy atom. The average Bonchev–Trinajstić information content (AvgIpc) is 3.13. The Kier molecular flexibility index (Phi) is 3.62. The lowest BCUT2D eigenvalue weighted by Crippen LogP contribution is -2.54. The van der Waals surface area contributed by atoms with E-state index in [1.807, 2.05) is 0 Å². The summed E-state index contributed by atoms with van der Waals surface area (Å²) in [7, 11) is -3.09. The van der Waals surface area contributed by atoms with Crippen LogP contribution >= 0.6 is 0 Å². The van der Waals surface area contributed by atoms with Gasteiger partial charge in [-0.2, -0.15) is 4.31 Å². The first kappa shape index (κ1) is 13.8. The van der Waals surface area contributed by atoms with Crippen molar-refractivity contribution in [3.8, 4) is 0 Å². The van der Waals surface area contributed by atoms with Crippen LogP contribution in [0.1, 0.15) is 38.5 Å². The van der Waals surface area contributed by atoms with Gasteiger partial charge in [-0.25, -0.2) is 8.42 Å². The van der Waals surface area contributed by atoms with Crippen molar-refractivity contribution in [3.63, 3.8) is 0 Å². The van der Waals surface area contributed by atoms with Gasteiger partial charge in [0, 0.05) is 18.7 Å². The molecule has 3 aliphatic rings. The average molecular weight is 288 g/mol. The molecule has 1 N–H and O–H groups in total. The van der Waals surface area contributed by atoms with Gasteiger partial charge >= 0.3 is 0 Å². The van der Waals surface area contributed by atoms with Crippen LogP contribution in [0.15, 0.2) is 0 Å². The van der Waals surface area contributed by atoms with Crippen LogP contribution in [0.3, 0.4) is 0 Å². The second kappa shape index (κ2) is 4.98. The molecule has 0 aromatic carbocycles. The number of nitrogens with one attached hydrogen (secondary N) is 1. The first-order valence-corrected chi connectivity index (χ1v) is 9.18. The van der Waals surface area contributed by atoms with Crippen LogP contribution in [0.5, 0.6) is 0 Å². The second-order valence-electron chi connectivity index (χ2n) is 6.25. The topological polar surface area (TPSA) is 58.6 Å². The number of rotatable bonds is 3. The van der Waals surface area contributed by atoms with E-state index in [4.69, 9.17) is 4.74 Å². The van der Waals surface area contributed by atoms with Crippen molar-refractivity contribution in [2.24, 2.45) is 0 Å². The molecule has 5 nitrogen and oxygen atoms in total. The summed E-state index contributed by atoms with van der Waals surface area (Å²) in [5.74, 6) is 0. The smallest absolute Gasteiger partial charge is 0.211 e. The van der Waals surface area contributed by atoms with Crippen molar-refractivity contribution in [2.75, 3.05) is 26.0 Å². The molecular weight excluding hydrogens is 264 g/mol. The highest BCUT2D eigenvalue weighted by molar-refractivity contribution is 7.88. The minimum absolute atomic E-state index is 0.0774. The molecular formula is C13H24N2O3S. The van der Waals surface area contributed by atoms with E-state index >= 15 is 0 Å². The summed E-state index contributed by atoms with van der Waals surface area (Å²) in [5, 5.41) is 3.35. The fraction of sp³-hybridized carbons (Fsp3) is 1.00. The number of hydrogen-bond acceptors (Lipinski definition) is 4. The predicted molar refractivity (Wildman–Crippen MR) is 73.5 cm³/mol. The third-order valence-corrected chi connectivity index (χ3v) is 5.99. The molecule has 2 saturated heterocycles. The molecule has 0 radical (unpaired) electrons. The Labute approximate surface area is 115 Å². The number of nitrogens with zero attached hydrogens (tertiary/aromatic N) is 1. The monoisotopic (exact) mass is 288 g/mol. The van der Waals surface area contributed by atoms with E-state index in [1.54, 1.807) is 4.31 Å². The number of hydrogen-bond donors (Lipinski definition) is 1. The molecule has 0 aromatic rings. The Hall–Kier alpha value is -0.170. The van der Waals surface area contributed by atoms with Crippen molar-refractivity contribution < 1.29 is 13.2 Å². The Morgan fingerprint density at radius 2 is 1.84 bits per heavy atom. The van der Waals surface area contributed by atoms with E-state index < -0.39 is 10.0 Å². The molecule has 0 unspecified atom stereocenters. The maximum atomic E-state index is 12.1. The zero-order valence-electron chi connectivity index (χ0n) is 11.6. The van der Waals surface area contributed by atoms with E-state index in [1.165, 1.54) is 6.26 Å². The number of ether oxygens (including phenoxy) is 1. The molecule has 1 atom stereocenters. The van der Waals surface area contributed by atoms with E-state index in [0.717, 1.165) is 51.6 Å². The Bertz CT molecular complexity index is 422. The van der Waals surface area contributed by atoms with Crippen LogP contribution < -0.4 is 5.32 Å². The minimum Gasteiger partial charge on any atom is -0.375 e. The third-order valence-electron chi connectivity index (χ3n) is 4.63. The van der Waals surface area contributed by atoms with Gasteiger partial charge in [0.2, 0.25) is 10.0 Å². The maximum Gasteiger partial charge on any atom is 0.211 e. The maximum absolute atomic E-state index is 12.1. The summed E-state index contributed by atoms with van der Waals surface area (Å²) in [6.45, 7) is 2.66. The van der Waals surface area contributed by atoms with Crippen molar-refractivity contribution in [1.82, 2.24) is 9.62 Å². The molecule has 0 amide bonds. The highest BCUT2D eigenvalue weighted by atomic mass is 32.2. The molecule has 6 heteroatoms. The van der Waals surface area contributed by atoms with Gasteiger partial charge < -0.3 is 10.1 Å². The fourth-order valence-corrected chi connectivity index (χ4v) is 5.09. The highest BCUT2D eigenvalue weighted by Crippen LogP contribution is 2.40. The quantitative estimate of drug-likeness (QED) is 0.831. The van der Waals surface area contributed by atoms with Crippen LogP contribution in [0.2, 0.25) is 0 Å². The van der Waals surface area contributed by atoms with Crippen molar-refractivity contribution in [1.29, 1.82) is 0 Å². The summed E-state index contributed by atoms with van der Waals surface area (Å²) in [6, 6.07) is 0.409. The van der Waals surface area contributed by atoms with Gasteiger partial charge in [0.25, 0.3) is 0 Å². The normalized spacial score (nSPS) is 31.8. The van der Waals surface area contributed by atoms with Gasteiger partial charge in [0.05, 0.1) is 11.9 Å². The molecule has 2 heterocycles. The molecule has 1 aliphatic carbocycles. The van der Waals surface area contributed by atoms with Crippen molar-refractivity contribution >= 4 is 10.0 Å². The van der Waals surface area contributed by atoms with E-state index in [2.05, 4.69) is 5.32 Å². The van der Waals surface area contributed by atoms with Crippen molar-refractivity contribution in [2.45, 2.75) is 56.2 Å². The fourth-order valence-electron chi connectivity index (χ4n) is 3.62. The van der Waals surface area contributed by atoms with Gasteiger partial charge in [0.15, 0.2) is 0 Å². The summed E-state index contributed by atoms with van der Waals surface area (Å²) >= 11 is 0. The standard InChI is InChI=1S/C13H24N2O3S/c1-19(16,17)15(11-2-3-11)12-4-9-18-13(10-12)5-7-14-8-6-13/h11-12,14H,2-10H2,1H3/t12-/m0/s1. The SMILES string of the molecule is CS(=O)(=O)N(C1CC1)[C@H]1CCOC2(CCNCC2)C1. The van der Waals surface area contributed by atoms with Gasteiger partial charge in [-0.3, -0.25) is 0 Å². The molecule has 3 fully saturated rings. The molecule has 19 heavy (non-hydrogen) atoms. The summed E-state index contributed by atoms with van der Waals surface area (Å²) in [4.78, 5) is 0. The van der Waals surface area contributed by atoms with Crippen LogP contribution in [0.4, 0.5) is 0 Å². The van der Waals surface area contributed by atoms with Gasteiger partial charge in [0.1, 0.15) is 0 Å².